The molecule has 2 bridgehead atoms. The van der Waals surface area contributed by atoms with E-state index in [1.165, 1.54) is 7.11 Å². The Kier molecular flexibility index (Phi) is 11.4. The maximum atomic E-state index is 12.9. The molecule has 0 fully saturated rings. The lowest BCUT2D eigenvalue weighted by atomic mass is 10.1. The molecule has 11 nitrogen and oxygen atoms in total. The van der Waals surface area contributed by atoms with Crippen molar-refractivity contribution < 1.29 is 28.6 Å². The molecule has 42 heavy (non-hydrogen) atoms. The second kappa shape index (κ2) is 14.3. The van der Waals surface area contributed by atoms with Gasteiger partial charge in [-0.3, -0.25) is 14.7 Å². The number of alkyl carbamates (subject to hydrolysis) is 1. The number of nitrogens with zero attached hydrogens (tertiary/aromatic N) is 2. The number of carbonyl (C=O) groups is 3. The van der Waals surface area contributed by atoms with E-state index in [0.717, 1.165) is 6.04 Å². The summed E-state index contributed by atoms with van der Waals surface area (Å²) in [5, 5.41) is 8.58. The number of allylic oxidation sites excluding steroid dienone is 1. The smallest absolute Gasteiger partial charge is 0.411 e. The molecular formula is C29H42BrN5O6Si. The number of aromatic nitrogens is 2. The van der Waals surface area contributed by atoms with Gasteiger partial charge in [0.25, 0.3) is 0 Å². The van der Waals surface area contributed by atoms with E-state index in [-0.39, 0.29) is 19.1 Å². The molecule has 0 saturated carbocycles. The fraction of sp³-hybridized carbons (Fsp3) is 0.517. The number of carbonyl (C=O) groups excluding carboxylic acids is 3. The number of hydrogen-bond donors (Lipinski definition) is 3. The molecule has 1 atom stereocenters. The van der Waals surface area contributed by atoms with Crippen LogP contribution in [0.2, 0.25) is 25.7 Å². The lowest BCUT2D eigenvalue weighted by molar-refractivity contribution is -0.116. The van der Waals surface area contributed by atoms with Crippen LogP contribution in [-0.2, 0) is 25.7 Å². The van der Waals surface area contributed by atoms with Gasteiger partial charge in [0.2, 0.25) is 5.91 Å². The molecule has 1 aromatic carbocycles. The third-order valence-corrected chi connectivity index (χ3v) is 8.72. The topological polar surface area (TPSA) is 133 Å². The molecule has 3 amide bonds. The number of amides is 3. The predicted octanol–water partition coefficient (Wildman–Crippen LogP) is 7.05. The van der Waals surface area contributed by atoms with E-state index in [0.29, 0.717) is 52.5 Å². The van der Waals surface area contributed by atoms with Gasteiger partial charge in [-0.1, -0.05) is 31.8 Å². The summed E-state index contributed by atoms with van der Waals surface area (Å²) in [5.41, 5.74) is 1.39. The van der Waals surface area contributed by atoms with E-state index in [1.807, 2.05) is 37.5 Å². The van der Waals surface area contributed by atoms with Gasteiger partial charge in [-0.2, -0.15) is 0 Å². The van der Waals surface area contributed by atoms with Crippen LogP contribution in [0, 0.1) is 0 Å². The van der Waals surface area contributed by atoms with Crippen LogP contribution in [0.4, 0.5) is 21.0 Å². The molecule has 1 aliphatic rings. The normalized spacial score (nSPS) is 16.6. The van der Waals surface area contributed by atoms with Crippen molar-refractivity contribution in [2.24, 2.45) is 0 Å². The van der Waals surface area contributed by atoms with Gasteiger partial charge in [0.1, 0.15) is 28.5 Å². The van der Waals surface area contributed by atoms with Crippen molar-refractivity contribution in [3.8, 4) is 11.3 Å². The minimum atomic E-state index is -1.31. The number of nitrogens with one attached hydrogen (secondary N) is 3. The summed E-state index contributed by atoms with van der Waals surface area (Å²) < 4.78 is 18.9. The minimum absolute atomic E-state index is 0.191. The summed E-state index contributed by atoms with van der Waals surface area (Å²) in [6.45, 7) is 13.1. The summed E-state index contributed by atoms with van der Waals surface area (Å²) >= 11 is 3.73. The van der Waals surface area contributed by atoms with Crippen molar-refractivity contribution in [1.82, 2.24) is 14.9 Å². The van der Waals surface area contributed by atoms with Gasteiger partial charge in [0, 0.05) is 32.4 Å². The number of imidazole rings is 1. The van der Waals surface area contributed by atoms with Gasteiger partial charge in [0.15, 0.2) is 0 Å². The van der Waals surface area contributed by atoms with Crippen molar-refractivity contribution in [1.29, 1.82) is 0 Å². The Balaban J connectivity index is 2.12. The molecular weight excluding hydrogens is 622 g/mol. The molecule has 3 N–H and O–H groups in total. The first-order valence-electron chi connectivity index (χ1n) is 13.9. The molecule has 1 aliphatic heterocycles. The van der Waals surface area contributed by atoms with E-state index >= 15 is 0 Å². The lowest BCUT2D eigenvalue weighted by Gasteiger charge is -2.24. The van der Waals surface area contributed by atoms with Crippen LogP contribution in [0.1, 0.15) is 51.9 Å². The van der Waals surface area contributed by atoms with Crippen molar-refractivity contribution in [2.75, 3.05) is 24.4 Å². The first kappa shape index (κ1) is 33.3. The SMILES string of the molecule is COC(=O)Nc1ccc2c(c1)NC(=O)CC/C=C\C[C@H](NC(=O)OC(C)(C)C)c1nc-2c(Br)n1COCC[Si](C)(C)C. The molecule has 0 unspecified atom stereocenters. The van der Waals surface area contributed by atoms with Gasteiger partial charge in [-0.05, 0) is 73.8 Å². The number of fused-ring (bicyclic) bond motifs is 4. The van der Waals surface area contributed by atoms with E-state index in [9.17, 15) is 14.4 Å². The maximum absolute atomic E-state index is 12.9. The van der Waals surface area contributed by atoms with Crippen LogP contribution in [0.5, 0.6) is 0 Å². The Labute approximate surface area is 256 Å². The summed E-state index contributed by atoms with van der Waals surface area (Å²) in [7, 11) is -0.0364. The molecule has 0 spiro atoms. The molecule has 3 rings (SSSR count). The Bertz CT molecular complexity index is 1310. The van der Waals surface area contributed by atoms with E-state index in [1.54, 1.807) is 18.2 Å². The average molecular weight is 665 g/mol. The number of rotatable bonds is 7. The fourth-order valence-electron chi connectivity index (χ4n) is 4.10. The highest BCUT2D eigenvalue weighted by molar-refractivity contribution is 9.10. The number of hydrogen-bond acceptors (Lipinski definition) is 7. The molecule has 230 valence electrons. The minimum Gasteiger partial charge on any atom is -0.453 e. The molecule has 0 aliphatic carbocycles. The molecule has 2 heterocycles. The zero-order chi connectivity index (χ0) is 31.1. The van der Waals surface area contributed by atoms with E-state index in [4.69, 9.17) is 19.2 Å². The third-order valence-electron chi connectivity index (χ3n) is 6.21. The molecule has 0 radical (unpaired) electrons. The van der Waals surface area contributed by atoms with Crippen molar-refractivity contribution in [3.05, 3.63) is 40.8 Å². The van der Waals surface area contributed by atoms with E-state index in [2.05, 4.69) is 51.5 Å². The van der Waals surface area contributed by atoms with Crippen LogP contribution in [0.25, 0.3) is 11.3 Å². The summed E-state index contributed by atoms with van der Waals surface area (Å²) in [6, 6.07) is 5.57. The Morgan fingerprint density at radius 1 is 1.19 bits per heavy atom. The van der Waals surface area contributed by atoms with Gasteiger partial charge in [-0.15, -0.1) is 0 Å². The fourth-order valence-corrected chi connectivity index (χ4v) is 5.44. The number of benzene rings is 1. The van der Waals surface area contributed by atoms with Gasteiger partial charge < -0.3 is 24.8 Å². The van der Waals surface area contributed by atoms with Crippen LogP contribution in [0.3, 0.4) is 0 Å². The highest BCUT2D eigenvalue weighted by atomic mass is 79.9. The Hall–Kier alpha value is -3.16. The highest BCUT2D eigenvalue weighted by Gasteiger charge is 2.28. The molecule has 13 heteroatoms. The monoisotopic (exact) mass is 663 g/mol. The van der Waals surface area contributed by atoms with Gasteiger partial charge >= 0.3 is 12.2 Å². The van der Waals surface area contributed by atoms with Gasteiger partial charge in [0.05, 0.1) is 18.8 Å². The van der Waals surface area contributed by atoms with E-state index < -0.39 is 31.9 Å². The second-order valence-corrected chi connectivity index (χ2v) is 18.6. The zero-order valence-electron chi connectivity index (χ0n) is 25.4. The first-order chi connectivity index (χ1) is 19.7. The number of ether oxygens (including phenoxy) is 3. The van der Waals surface area contributed by atoms with Crippen molar-refractivity contribution >= 4 is 53.5 Å². The maximum Gasteiger partial charge on any atom is 0.411 e. The number of halogens is 1. The quantitative estimate of drug-likeness (QED) is 0.164. The van der Waals surface area contributed by atoms with Crippen LogP contribution < -0.4 is 16.0 Å². The standard InChI is InChI=1S/C29H42BrN5O6Si/c1-29(2,3)41-28(38)33-21-11-9-8-10-12-23(36)32-22-17-19(31-27(37)39-4)13-14-20(22)24-25(30)35(26(21)34-24)18-40-15-16-42(5,6)7/h8-9,13-14,17,21H,10-12,15-16,18H2,1-7H3,(H,31,37)(H,32,36)(H,33,38)/b9-8-/t21-/m0/s1. The summed E-state index contributed by atoms with van der Waals surface area (Å²) in [6.07, 6.45) is 3.82. The summed E-state index contributed by atoms with van der Waals surface area (Å²) in [5.74, 6) is 0.373. The average Bonchev–Trinajstić information content (AvgIpc) is 3.19. The third kappa shape index (κ3) is 9.98. The molecule has 1 aromatic heterocycles. The van der Waals surface area contributed by atoms with Crippen molar-refractivity contribution in [2.45, 2.75) is 84.1 Å². The Morgan fingerprint density at radius 3 is 2.60 bits per heavy atom. The Morgan fingerprint density at radius 2 is 1.93 bits per heavy atom. The van der Waals surface area contributed by atoms with Crippen LogP contribution in [0.15, 0.2) is 35.0 Å². The van der Waals surface area contributed by atoms with Crippen molar-refractivity contribution in [3.63, 3.8) is 0 Å². The summed E-state index contributed by atoms with van der Waals surface area (Å²) in [4.78, 5) is 42.6. The second-order valence-electron chi connectivity index (χ2n) is 12.3. The molecule has 0 saturated heterocycles. The lowest BCUT2D eigenvalue weighted by Crippen LogP contribution is -2.36. The molecule has 2 aromatic rings. The number of methoxy groups -OCH3 is 1. The number of anilines is 2. The zero-order valence-corrected chi connectivity index (χ0v) is 28.0. The largest absolute Gasteiger partial charge is 0.453 e. The van der Waals surface area contributed by atoms with Gasteiger partial charge in [-0.25, -0.2) is 14.6 Å². The highest BCUT2D eigenvalue weighted by Crippen LogP contribution is 2.38. The van der Waals surface area contributed by atoms with Crippen LogP contribution >= 0.6 is 15.9 Å². The van der Waals surface area contributed by atoms with Crippen LogP contribution in [-0.4, -0.2) is 55.0 Å². The first-order valence-corrected chi connectivity index (χ1v) is 18.4. The predicted molar refractivity (Wildman–Crippen MR) is 169 cm³/mol.